The van der Waals surface area contributed by atoms with E-state index in [2.05, 4.69) is 10.8 Å². The molecule has 1 heterocycles. The third-order valence-electron chi connectivity index (χ3n) is 4.99. The van der Waals surface area contributed by atoms with Crippen LogP contribution >= 0.6 is 0 Å². The van der Waals surface area contributed by atoms with Gasteiger partial charge in [-0.3, -0.25) is 4.79 Å². The van der Waals surface area contributed by atoms with E-state index in [4.69, 9.17) is 9.68 Å². The molecule has 33 heavy (non-hydrogen) atoms. The molecule has 0 bridgehead atoms. The van der Waals surface area contributed by atoms with Crippen molar-refractivity contribution in [3.05, 3.63) is 89.4 Å². The van der Waals surface area contributed by atoms with Crippen LogP contribution in [0.1, 0.15) is 27.2 Å². The quantitative estimate of drug-likeness (QED) is 0.492. The molecule has 8 nitrogen and oxygen atoms in total. The molecule has 0 fully saturated rings. The molecule has 0 aliphatic rings. The third kappa shape index (κ3) is 6.76. The maximum atomic E-state index is 13.2. The third-order valence-corrected chi connectivity index (χ3v) is 6.41. The van der Waals surface area contributed by atoms with Gasteiger partial charge in [0.1, 0.15) is 5.76 Å². The molecule has 0 aliphatic carbocycles. The first-order valence-electron chi connectivity index (χ1n) is 10.3. The zero-order chi connectivity index (χ0) is 23.8. The largest absolute Gasteiger partial charge is 0.468 e. The Hall–Kier alpha value is -3.45. The summed E-state index contributed by atoms with van der Waals surface area (Å²) in [6.45, 7) is 1.59. The lowest BCUT2D eigenvalue weighted by molar-refractivity contribution is 0.0732. The second-order valence-electron chi connectivity index (χ2n) is 7.77. The molecule has 1 amide bonds. The normalized spacial score (nSPS) is 11.3. The van der Waals surface area contributed by atoms with Crippen molar-refractivity contribution in [1.29, 1.82) is 5.26 Å². The fourth-order valence-electron chi connectivity index (χ4n) is 3.10. The van der Waals surface area contributed by atoms with Gasteiger partial charge in [0.05, 0.1) is 29.3 Å². The highest BCUT2D eigenvalue weighted by Crippen LogP contribution is 2.15. The van der Waals surface area contributed by atoms with Crippen LogP contribution in [-0.2, 0) is 23.1 Å². The van der Waals surface area contributed by atoms with E-state index in [-0.39, 0.29) is 17.3 Å². The predicted octanol–water partition coefficient (Wildman–Crippen LogP) is 2.83. The van der Waals surface area contributed by atoms with Crippen molar-refractivity contribution in [3.8, 4) is 6.07 Å². The monoisotopic (exact) mass is 466 g/mol. The molecule has 0 unspecified atom stereocenters. The molecule has 0 radical (unpaired) electrons. The van der Waals surface area contributed by atoms with Crippen molar-refractivity contribution in [2.45, 2.75) is 18.0 Å². The van der Waals surface area contributed by atoms with Crippen molar-refractivity contribution in [2.75, 3.05) is 27.2 Å². The first-order chi connectivity index (χ1) is 15.8. The number of sulfonamides is 1. The van der Waals surface area contributed by atoms with Gasteiger partial charge in [0.15, 0.2) is 0 Å². The highest BCUT2D eigenvalue weighted by Gasteiger charge is 2.19. The Morgan fingerprint density at radius 3 is 2.30 bits per heavy atom. The van der Waals surface area contributed by atoms with Crippen LogP contribution in [0.15, 0.2) is 76.2 Å². The minimum absolute atomic E-state index is 0.0406. The molecule has 0 spiro atoms. The summed E-state index contributed by atoms with van der Waals surface area (Å²) in [5.74, 6) is 0.304. The Morgan fingerprint density at radius 1 is 1.03 bits per heavy atom. The van der Waals surface area contributed by atoms with E-state index in [1.807, 2.05) is 31.1 Å². The van der Waals surface area contributed by atoms with Gasteiger partial charge in [0.25, 0.3) is 5.91 Å². The first-order valence-corrected chi connectivity index (χ1v) is 11.8. The number of nitriles is 1. The minimum atomic E-state index is -3.74. The summed E-state index contributed by atoms with van der Waals surface area (Å²) in [5, 5.41) is 8.98. The number of nitrogens with zero attached hydrogens (tertiary/aromatic N) is 3. The Kier molecular flexibility index (Phi) is 8.01. The van der Waals surface area contributed by atoms with Crippen LogP contribution in [-0.4, -0.2) is 51.3 Å². The van der Waals surface area contributed by atoms with Gasteiger partial charge in [-0.2, -0.15) is 5.26 Å². The van der Waals surface area contributed by atoms with Crippen LogP contribution < -0.4 is 4.72 Å². The van der Waals surface area contributed by atoms with Crippen LogP contribution in [0.4, 0.5) is 0 Å². The van der Waals surface area contributed by atoms with E-state index in [1.54, 1.807) is 29.2 Å². The summed E-state index contributed by atoms with van der Waals surface area (Å²) >= 11 is 0. The molecule has 0 aliphatic heterocycles. The van der Waals surface area contributed by atoms with Gasteiger partial charge >= 0.3 is 0 Å². The predicted molar refractivity (Wildman–Crippen MR) is 124 cm³/mol. The first kappa shape index (κ1) is 24.2. The fourth-order valence-corrected chi connectivity index (χ4v) is 4.09. The highest BCUT2D eigenvalue weighted by molar-refractivity contribution is 7.89. The Labute approximate surface area is 194 Å². The van der Waals surface area contributed by atoms with Gasteiger partial charge < -0.3 is 14.2 Å². The van der Waals surface area contributed by atoms with E-state index in [0.29, 0.717) is 36.5 Å². The number of furan rings is 1. The summed E-state index contributed by atoms with van der Waals surface area (Å²) in [4.78, 5) is 17.0. The topological polar surface area (TPSA) is 107 Å². The number of carbonyl (C=O) groups excluding carboxylic acids is 1. The van der Waals surface area contributed by atoms with Crippen LogP contribution in [0.5, 0.6) is 0 Å². The summed E-state index contributed by atoms with van der Waals surface area (Å²) in [7, 11) is 0.117. The molecule has 0 atom stereocenters. The lowest BCUT2D eigenvalue weighted by Crippen LogP contribution is -2.36. The fraction of sp³-hybridized carbons (Fsp3) is 0.250. The van der Waals surface area contributed by atoms with E-state index < -0.39 is 10.0 Å². The molecular weight excluding hydrogens is 440 g/mol. The summed E-state index contributed by atoms with van der Waals surface area (Å²) in [6, 6.07) is 18.4. The molecule has 172 valence electrons. The number of carbonyl (C=O) groups is 1. The molecule has 0 saturated heterocycles. The van der Waals surface area contributed by atoms with E-state index in [9.17, 15) is 13.2 Å². The van der Waals surface area contributed by atoms with Gasteiger partial charge in [-0.1, -0.05) is 12.1 Å². The number of hydrogen-bond donors (Lipinski definition) is 1. The molecule has 9 heteroatoms. The second-order valence-corrected chi connectivity index (χ2v) is 9.53. The van der Waals surface area contributed by atoms with Gasteiger partial charge in [-0.05, 0) is 68.2 Å². The number of benzene rings is 2. The lowest BCUT2D eigenvalue weighted by Gasteiger charge is -2.25. The van der Waals surface area contributed by atoms with Gasteiger partial charge in [-0.25, -0.2) is 13.1 Å². The van der Waals surface area contributed by atoms with Crippen molar-refractivity contribution in [3.63, 3.8) is 0 Å². The highest BCUT2D eigenvalue weighted by atomic mass is 32.2. The summed E-state index contributed by atoms with van der Waals surface area (Å²) < 4.78 is 32.7. The maximum absolute atomic E-state index is 13.2. The minimum Gasteiger partial charge on any atom is -0.468 e. The van der Waals surface area contributed by atoms with Crippen molar-refractivity contribution in [2.24, 2.45) is 0 Å². The standard InChI is InChI=1S/C24H26N4O4S/c1-27(2)13-14-28(18-20-7-5-19(16-25)6-8-20)24(29)21-9-11-23(12-10-21)33(30,31)26-17-22-4-3-15-32-22/h3-12,15,26H,13-14,17-18H2,1-2H3. The second kappa shape index (κ2) is 10.9. The molecule has 1 aromatic heterocycles. The van der Waals surface area contributed by atoms with Crippen molar-refractivity contribution >= 4 is 15.9 Å². The van der Waals surface area contributed by atoms with E-state index in [1.165, 1.54) is 30.5 Å². The van der Waals surface area contributed by atoms with Crippen molar-refractivity contribution < 1.29 is 17.6 Å². The van der Waals surface area contributed by atoms with E-state index >= 15 is 0 Å². The Bertz CT molecular complexity index is 1200. The number of likely N-dealkylation sites (N-methyl/N-ethyl adjacent to an activating group) is 1. The Morgan fingerprint density at radius 2 is 1.73 bits per heavy atom. The number of hydrogen-bond acceptors (Lipinski definition) is 6. The number of nitrogens with one attached hydrogen (secondary N) is 1. The zero-order valence-corrected chi connectivity index (χ0v) is 19.4. The average Bonchev–Trinajstić information content (AvgIpc) is 3.34. The molecule has 1 N–H and O–H groups in total. The SMILES string of the molecule is CN(C)CCN(Cc1ccc(C#N)cc1)C(=O)c1ccc(S(=O)(=O)NCc2ccco2)cc1. The molecule has 3 aromatic rings. The van der Waals surface area contributed by atoms with Gasteiger partial charge in [-0.15, -0.1) is 0 Å². The molecule has 0 saturated carbocycles. The lowest BCUT2D eigenvalue weighted by atomic mass is 10.1. The zero-order valence-electron chi connectivity index (χ0n) is 18.6. The number of rotatable bonds is 10. The average molecular weight is 467 g/mol. The van der Waals surface area contributed by atoms with Crippen LogP contribution in [0.2, 0.25) is 0 Å². The van der Waals surface area contributed by atoms with Crippen LogP contribution in [0.3, 0.4) is 0 Å². The van der Waals surface area contributed by atoms with Crippen molar-refractivity contribution in [1.82, 2.24) is 14.5 Å². The van der Waals surface area contributed by atoms with E-state index in [0.717, 1.165) is 5.56 Å². The summed E-state index contributed by atoms with van der Waals surface area (Å²) in [6.07, 6.45) is 1.48. The number of amides is 1. The van der Waals surface area contributed by atoms with Crippen LogP contribution in [0, 0.1) is 11.3 Å². The maximum Gasteiger partial charge on any atom is 0.254 e. The smallest absolute Gasteiger partial charge is 0.254 e. The van der Waals surface area contributed by atoms with Crippen LogP contribution in [0.25, 0.3) is 0 Å². The van der Waals surface area contributed by atoms with Gasteiger partial charge in [0.2, 0.25) is 10.0 Å². The molecule has 2 aromatic carbocycles. The Balaban J connectivity index is 1.73. The molecular formula is C24H26N4O4S. The molecule has 3 rings (SSSR count). The van der Waals surface area contributed by atoms with Gasteiger partial charge in [0, 0.05) is 25.2 Å². The summed E-state index contributed by atoms with van der Waals surface area (Å²) in [5.41, 5.74) is 1.86.